The van der Waals surface area contributed by atoms with Gasteiger partial charge in [0.15, 0.2) is 0 Å². The van der Waals surface area contributed by atoms with E-state index in [2.05, 4.69) is 47.8 Å². The Kier molecular flexibility index (Phi) is 6.95. The van der Waals surface area contributed by atoms with Crippen molar-refractivity contribution in [3.63, 3.8) is 0 Å². The van der Waals surface area contributed by atoms with Crippen LogP contribution in [0.2, 0.25) is 0 Å². The van der Waals surface area contributed by atoms with Crippen LogP contribution < -0.4 is 0 Å². The van der Waals surface area contributed by atoms with Gasteiger partial charge in [-0.2, -0.15) is 0 Å². The molecular weight excluding hydrogens is 522 g/mol. The molecule has 0 radical (unpaired) electrons. The molecule has 1 unspecified atom stereocenters. The first-order valence-electron chi connectivity index (χ1n) is 1.88. The van der Waals surface area contributed by atoms with Crippen LogP contribution in [0.5, 0.6) is 0 Å². The molecule has 0 bridgehead atoms. The van der Waals surface area contributed by atoms with Gasteiger partial charge in [0.25, 0.3) is 0 Å². The van der Waals surface area contributed by atoms with E-state index in [-0.39, 0.29) is 36.5 Å². The molecular formula is C3H3HgI2O2. The summed E-state index contributed by atoms with van der Waals surface area (Å²) in [5.41, 5.74) is 0. The molecule has 43 valence electrons. The Hall–Kier alpha value is 1.87. The normalized spacial score (nSPS) is 13.0. The average molecular weight is 525 g/mol. The Morgan fingerprint density at radius 3 is 2.50 bits per heavy atom. The second-order valence-electron chi connectivity index (χ2n) is 1.09. The maximum absolute atomic E-state index is 10.6. The molecule has 5 heteroatoms. The second-order valence-corrected chi connectivity index (χ2v) is 4.59. The topological polar surface area (TPSA) is 26.3 Å². The van der Waals surface area contributed by atoms with Crippen LogP contribution in [0, 0.1) is 0 Å². The Morgan fingerprint density at radius 1 is 1.88 bits per heavy atom. The zero-order valence-corrected chi connectivity index (χ0v) is 13.9. The van der Waals surface area contributed by atoms with Crippen molar-refractivity contribution >= 4 is 51.2 Å². The number of carbonyl (C=O) groups excluding carboxylic acids is 1. The molecule has 0 saturated carbocycles. The standard InChI is InChI=1S/C3H4I2O2.Hg/c4-1-2(5)3(6)7;/h2H,1H2,(H,6,7);/q;+1/p-1. The first-order valence-corrected chi connectivity index (χ1v) is 6.89. The molecule has 0 aliphatic carbocycles. The number of alkyl halides is 2. The van der Waals surface area contributed by atoms with Crippen molar-refractivity contribution in [3.8, 4) is 0 Å². The number of halogens is 2. The Balaban J connectivity index is 3.46. The van der Waals surface area contributed by atoms with Crippen LogP contribution in [0.4, 0.5) is 0 Å². The molecule has 0 fully saturated rings. The third-order valence-electron chi connectivity index (χ3n) is 0.533. The van der Waals surface area contributed by atoms with Crippen LogP contribution in [-0.2, 0) is 34.0 Å². The summed E-state index contributed by atoms with van der Waals surface area (Å²) in [5, 5.41) is 0. The van der Waals surface area contributed by atoms with Crippen molar-refractivity contribution < 1.29 is 34.0 Å². The molecule has 0 aromatic heterocycles. The van der Waals surface area contributed by atoms with Crippen molar-refractivity contribution in [2.75, 3.05) is 4.43 Å². The SMILES string of the molecule is O=C([O][Hg])C(I)CI. The Labute approximate surface area is 92.0 Å². The third kappa shape index (κ3) is 3.81. The molecule has 0 aliphatic heterocycles. The van der Waals surface area contributed by atoms with Crippen molar-refractivity contribution in [1.82, 2.24) is 0 Å². The van der Waals surface area contributed by atoms with E-state index < -0.39 is 0 Å². The Bertz CT molecular complexity index is 87.4. The van der Waals surface area contributed by atoms with Crippen LogP contribution >= 0.6 is 45.2 Å². The molecule has 0 aliphatic rings. The van der Waals surface area contributed by atoms with Gasteiger partial charge in [0.2, 0.25) is 0 Å². The fourth-order valence-corrected chi connectivity index (χ4v) is 2.79. The number of hydrogen-bond acceptors (Lipinski definition) is 2. The van der Waals surface area contributed by atoms with E-state index in [0.29, 0.717) is 0 Å². The van der Waals surface area contributed by atoms with Crippen molar-refractivity contribution in [3.05, 3.63) is 0 Å². The molecule has 1 atom stereocenters. The summed E-state index contributed by atoms with van der Waals surface area (Å²) >= 11 is 4.41. The van der Waals surface area contributed by atoms with Crippen LogP contribution in [0.1, 0.15) is 0 Å². The summed E-state index contributed by atoms with van der Waals surface area (Å²) in [4.78, 5) is 10.6. The quantitative estimate of drug-likeness (QED) is 0.308. The van der Waals surface area contributed by atoms with E-state index >= 15 is 0 Å². The van der Waals surface area contributed by atoms with Gasteiger partial charge in [-0.15, -0.1) is 0 Å². The molecule has 0 N–H and O–H groups in total. The van der Waals surface area contributed by atoms with Crippen molar-refractivity contribution in [2.24, 2.45) is 0 Å². The molecule has 0 aromatic carbocycles. The molecule has 0 spiro atoms. The van der Waals surface area contributed by atoms with E-state index in [4.69, 9.17) is 0 Å². The van der Waals surface area contributed by atoms with Crippen LogP contribution in [0.3, 0.4) is 0 Å². The van der Waals surface area contributed by atoms with Gasteiger partial charge < -0.3 is 0 Å². The van der Waals surface area contributed by atoms with E-state index in [1.807, 2.05) is 0 Å². The van der Waals surface area contributed by atoms with Crippen LogP contribution in [0.25, 0.3) is 0 Å². The summed E-state index contributed by atoms with van der Waals surface area (Å²) in [7, 11) is 0. The maximum atomic E-state index is 10.6. The fraction of sp³-hybridized carbons (Fsp3) is 0.667. The zero-order chi connectivity index (χ0) is 6.57. The van der Waals surface area contributed by atoms with Crippen molar-refractivity contribution in [2.45, 2.75) is 3.92 Å². The fourth-order valence-electron chi connectivity index (χ4n) is 0.153. The molecule has 0 rings (SSSR count). The van der Waals surface area contributed by atoms with E-state index in [1.54, 1.807) is 0 Å². The second kappa shape index (κ2) is 5.63. The van der Waals surface area contributed by atoms with Gasteiger partial charge in [-0.1, -0.05) is 0 Å². The first kappa shape index (κ1) is 9.87. The minimum absolute atomic E-state index is 0.0525. The number of hydrogen-bond donors (Lipinski definition) is 0. The average Bonchev–Trinajstić information content (AvgIpc) is 1.84. The summed E-state index contributed by atoms with van der Waals surface area (Å²) < 4.78 is 5.55. The summed E-state index contributed by atoms with van der Waals surface area (Å²) in [6.07, 6.45) is 0. The molecule has 2 nitrogen and oxygen atoms in total. The van der Waals surface area contributed by atoms with Gasteiger partial charge in [0.05, 0.1) is 0 Å². The number of rotatable bonds is 2. The number of carbonyl (C=O) groups is 1. The minimum atomic E-state index is -0.0525. The van der Waals surface area contributed by atoms with Gasteiger partial charge >= 0.3 is 93.5 Å². The van der Waals surface area contributed by atoms with E-state index in [9.17, 15) is 4.79 Å². The zero-order valence-electron chi connectivity index (χ0n) is 4.06. The van der Waals surface area contributed by atoms with E-state index in [0.717, 1.165) is 4.43 Å². The van der Waals surface area contributed by atoms with Crippen molar-refractivity contribution in [1.29, 1.82) is 0 Å². The molecule has 0 aromatic rings. The van der Waals surface area contributed by atoms with Crippen LogP contribution in [-0.4, -0.2) is 14.3 Å². The van der Waals surface area contributed by atoms with Crippen LogP contribution in [0.15, 0.2) is 0 Å². The summed E-state index contributed by atoms with van der Waals surface area (Å²) in [5.74, 6) is -0.0525. The predicted molar refractivity (Wildman–Crippen MR) is 42.8 cm³/mol. The van der Waals surface area contributed by atoms with E-state index in [1.165, 1.54) is 0 Å². The molecule has 0 saturated heterocycles. The van der Waals surface area contributed by atoms with Gasteiger partial charge in [-0.25, -0.2) is 0 Å². The molecule has 8 heavy (non-hydrogen) atoms. The van der Waals surface area contributed by atoms with Gasteiger partial charge in [0.1, 0.15) is 0 Å². The third-order valence-corrected chi connectivity index (χ3v) is 5.15. The predicted octanol–water partition coefficient (Wildman–Crippen LogP) is 1.23. The monoisotopic (exact) mass is 527 g/mol. The molecule has 0 heterocycles. The summed E-state index contributed by atoms with van der Waals surface area (Å²) in [6, 6.07) is 0. The van der Waals surface area contributed by atoms with Gasteiger partial charge in [-0.3, -0.25) is 0 Å². The molecule has 0 amide bonds. The van der Waals surface area contributed by atoms with Gasteiger partial charge in [-0.05, 0) is 0 Å². The summed E-state index contributed by atoms with van der Waals surface area (Å²) in [6.45, 7) is 0. The van der Waals surface area contributed by atoms with Gasteiger partial charge in [0, 0.05) is 0 Å². The Morgan fingerprint density at radius 2 is 2.38 bits per heavy atom. The first-order chi connectivity index (χ1) is 3.72.